The van der Waals surface area contributed by atoms with Crippen LogP contribution in [0.5, 0.6) is 0 Å². The Labute approximate surface area is 43.8 Å². The molecule has 3 heteroatoms. The molecule has 0 bridgehead atoms. The molecule has 0 saturated heterocycles. The van der Waals surface area contributed by atoms with E-state index < -0.39 is 0 Å². The number of rotatable bonds is 3. The molecule has 7 heavy (non-hydrogen) atoms. The Hall–Kier alpha value is -0.570. The fourth-order valence-electron chi connectivity index (χ4n) is 0.228. The third-order valence-electron chi connectivity index (χ3n) is 0.470. The first kappa shape index (κ1) is 6.43. The highest BCUT2D eigenvalue weighted by Gasteiger charge is 1.63. The first-order chi connectivity index (χ1) is 3.41. The lowest BCUT2D eigenvalue weighted by Gasteiger charge is -1.86. The quantitative estimate of drug-likeness (QED) is 0.368. The fraction of sp³-hybridized carbons (Fsp3) is 0.750. The lowest BCUT2D eigenvalue weighted by molar-refractivity contribution is 0.833. The van der Waals surface area contributed by atoms with Crippen LogP contribution in [-0.2, 0) is 0 Å². The summed E-state index contributed by atoms with van der Waals surface area (Å²) in [6, 6.07) is 0. The maximum absolute atomic E-state index is 3.86. The van der Waals surface area contributed by atoms with E-state index in [0.29, 0.717) is 6.67 Å². The van der Waals surface area contributed by atoms with Gasteiger partial charge < -0.3 is 10.6 Å². The molecule has 42 valence electrons. The molecule has 0 unspecified atom stereocenters. The summed E-state index contributed by atoms with van der Waals surface area (Å²) >= 11 is 0. The van der Waals surface area contributed by atoms with Crippen LogP contribution in [0.3, 0.4) is 0 Å². The van der Waals surface area contributed by atoms with Crippen molar-refractivity contribution in [3.63, 3.8) is 0 Å². The van der Waals surface area contributed by atoms with Gasteiger partial charge in [0, 0.05) is 7.05 Å². The van der Waals surface area contributed by atoms with Crippen molar-refractivity contribution in [2.45, 2.75) is 0 Å². The zero-order chi connectivity index (χ0) is 5.54. The van der Waals surface area contributed by atoms with E-state index >= 15 is 0 Å². The summed E-state index contributed by atoms with van der Waals surface area (Å²) in [5.41, 5.74) is 0. The van der Waals surface area contributed by atoms with Crippen molar-refractivity contribution in [1.29, 1.82) is 0 Å². The van der Waals surface area contributed by atoms with Crippen LogP contribution in [0, 0.1) is 0 Å². The molecule has 0 atom stereocenters. The van der Waals surface area contributed by atoms with Gasteiger partial charge in [0.1, 0.15) is 0 Å². The molecule has 0 aliphatic heterocycles. The Balaban J connectivity index is 2.78. The largest absolute Gasteiger partial charge is 0.379 e. The number of nitrogens with zero attached hydrogens (tertiary/aromatic N) is 1. The Morgan fingerprint density at radius 1 is 1.57 bits per heavy atom. The number of hydrogen-bond donors (Lipinski definition) is 2. The second kappa shape index (κ2) is 5.43. The number of hydrogen-bond acceptors (Lipinski definition) is 2. The normalized spacial score (nSPS) is 10.0. The van der Waals surface area contributed by atoms with E-state index in [1.165, 1.54) is 0 Å². The zero-order valence-corrected chi connectivity index (χ0v) is 4.73. The van der Waals surface area contributed by atoms with Gasteiger partial charge in [-0.1, -0.05) is 0 Å². The van der Waals surface area contributed by atoms with Gasteiger partial charge in [-0.05, 0) is 7.05 Å². The van der Waals surface area contributed by atoms with E-state index in [2.05, 4.69) is 15.6 Å². The Bertz CT molecular complexity index is 50.9. The summed E-state index contributed by atoms with van der Waals surface area (Å²) in [5.74, 6) is 0. The first-order valence-corrected chi connectivity index (χ1v) is 2.22. The van der Waals surface area contributed by atoms with Crippen LogP contribution in [0.15, 0.2) is 4.99 Å². The van der Waals surface area contributed by atoms with Gasteiger partial charge in [-0.3, -0.25) is 4.99 Å². The van der Waals surface area contributed by atoms with Crippen molar-refractivity contribution in [1.82, 2.24) is 10.6 Å². The zero-order valence-electron chi connectivity index (χ0n) is 4.73. The van der Waals surface area contributed by atoms with E-state index in [0.717, 1.165) is 0 Å². The Morgan fingerprint density at radius 3 is 2.71 bits per heavy atom. The molecule has 0 rings (SSSR count). The maximum Gasteiger partial charge on any atom is 0.0899 e. The second-order valence-electron chi connectivity index (χ2n) is 1.11. The Morgan fingerprint density at radius 2 is 2.29 bits per heavy atom. The highest BCUT2D eigenvalue weighted by Crippen LogP contribution is 1.51. The molecule has 2 N–H and O–H groups in total. The van der Waals surface area contributed by atoms with Crippen LogP contribution >= 0.6 is 0 Å². The molecule has 3 nitrogen and oxygen atoms in total. The van der Waals surface area contributed by atoms with Crippen molar-refractivity contribution in [2.75, 3.05) is 20.8 Å². The highest BCUT2D eigenvalue weighted by molar-refractivity contribution is 5.53. The minimum absolute atomic E-state index is 0.681. The average molecular weight is 101 g/mol. The molecule has 0 aromatic rings. The van der Waals surface area contributed by atoms with Gasteiger partial charge in [-0.2, -0.15) is 0 Å². The lowest BCUT2D eigenvalue weighted by atomic mass is 11.0. The minimum Gasteiger partial charge on any atom is -0.379 e. The molecule has 0 radical (unpaired) electrons. The standard InChI is InChI=1S/C4H11N3/c1-5-3-7-4-6-2/h3,6H,4H2,1-2H3,(H,5,7). The van der Waals surface area contributed by atoms with Gasteiger partial charge in [0.2, 0.25) is 0 Å². The van der Waals surface area contributed by atoms with Crippen molar-refractivity contribution in [2.24, 2.45) is 4.99 Å². The summed E-state index contributed by atoms with van der Waals surface area (Å²) in [7, 11) is 3.67. The van der Waals surface area contributed by atoms with Crippen molar-refractivity contribution < 1.29 is 0 Å². The van der Waals surface area contributed by atoms with Gasteiger partial charge in [0.05, 0.1) is 13.0 Å². The molecule has 0 aromatic carbocycles. The summed E-state index contributed by atoms with van der Waals surface area (Å²) in [6.45, 7) is 0.681. The molecule has 0 aliphatic carbocycles. The molecule has 0 spiro atoms. The molecule has 0 fully saturated rings. The monoisotopic (exact) mass is 101 g/mol. The van der Waals surface area contributed by atoms with Crippen LogP contribution in [-0.4, -0.2) is 27.1 Å². The summed E-state index contributed by atoms with van der Waals surface area (Å²) in [5, 5.41) is 5.64. The molecule has 0 saturated carbocycles. The molecule has 0 amide bonds. The van der Waals surface area contributed by atoms with E-state index in [9.17, 15) is 0 Å². The van der Waals surface area contributed by atoms with Crippen LogP contribution < -0.4 is 10.6 Å². The maximum atomic E-state index is 3.86. The van der Waals surface area contributed by atoms with Crippen molar-refractivity contribution in [3.8, 4) is 0 Å². The molecular weight excluding hydrogens is 90.1 g/mol. The predicted octanol–water partition coefficient (Wildman–Crippen LogP) is -0.589. The third-order valence-corrected chi connectivity index (χ3v) is 0.470. The lowest BCUT2D eigenvalue weighted by Crippen LogP contribution is -2.08. The average Bonchev–Trinajstić information content (AvgIpc) is 1.69. The SMILES string of the molecule is CN/C=N\CNC. The van der Waals surface area contributed by atoms with E-state index in [1.807, 2.05) is 14.1 Å². The van der Waals surface area contributed by atoms with Crippen LogP contribution in [0.4, 0.5) is 0 Å². The van der Waals surface area contributed by atoms with Gasteiger partial charge in [0.15, 0.2) is 0 Å². The second-order valence-corrected chi connectivity index (χ2v) is 1.11. The number of nitrogens with one attached hydrogen (secondary N) is 2. The smallest absolute Gasteiger partial charge is 0.0899 e. The van der Waals surface area contributed by atoms with Gasteiger partial charge in [0.25, 0.3) is 0 Å². The summed E-state index contributed by atoms with van der Waals surface area (Å²) in [6.07, 6.45) is 1.65. The predicted molar refractivity (Wildman–Crippen MR) is 31.5 cm³/mol. The van der Waals surface area contributed by atoms with Crippen molar-refractivity contribution in [3.05, 3.63) is 0 Å². The third kappa shape index (κ3) is 5.43. The highest BCUT2D eigenvalue weighted by atomic mass is 15.0. The van der Waals surface area contributed by atoms with E-state index in [4.69, 9.17) is 0 Å². The van der Waals surface area contributed by atoms with Gasteiger partial charge in [-0.15, -0.1) is 0 Å². The van der Waals surface area contributed by atoms with Crippen LogP contribution in [0.1, 0.15) is 0 Å². The van der Waals surface area contributed by atoms with Gasteiger partial charge in [-0.25, -0.2) is 0 Å². The fourth-order valence-corrected chi connectivity index (χ4v) is 0.228. The minimum atomic E-state index is 0.681. The summed E-state index contributed by atoms with van der Waals surface area (Å²) < 4.78 is 0. The van der Waals surface area contributed by atoms with E-state index in [-0.39, 0.29) is 0 Å². The molecule has 0 aromatic heterocycles. The van der Waals surface area contributed by atoms with Crippen molar-refractivity contribution >= 4 is 6.34 Å². The topological polar surface area (TPSA) is 36.4 Å². The molecular formula is C4H11N3. The van der Waals surface area contributed by atoms with E-state index in [1.54, 1.807) is 6.34 Å². The van der Waals surface area contributed by atoms with Gasteiger partial charge >= 0.3 is 0 Å². The first-order valence-electron chi connectivity index (χ1n) is 2.22. The van der Waals surface area contributed by atoms with Crippen LogP contribution in [0.2, 0.25) is 0 Å². The summed E-state index contributed by atoms with van der Waals surface area (Å²) in [4.78, 5) is 3.86. The molecule has 0 aliphatic rings. The number of aliphatic imine (C=N–C) groups is 1. The molecule has 0 heterocycles. The Kier molecular flexibility index (Phi) is 4.99. The van der Waals surface area contributed by atoms with Crippen LogP contribution in [0.25, 0.3) is 0 Å².